The summed E-state index contributed by atoms with van der Waals surface area (Å²) in [5.74, 6) is -9.92. The fraction of sp³-hybridized carbons (Fsp3) is 0.485. The lowest BCUT2D eigenvalue weighted by Crippen LogP contribution is -2.50. The number of alkyl halides is 6. The third-order valence-corrected chi connectivity index (χ3v) is 8.47. The molecule has 0 aromatic heterocycles. The summed E-state index contributed by atoms with van der Waals surface area (Å²) in [7, 11) is 0. The molecule has 0 fully saturated rings. The highest BCUT2D eigenvalue weighted by atomic mass is 32.2. The second-order valence-electron chi connectivity index (χ2n) is 13.0. The molecule has 51 heavy (non-hydrogen) atoms. The van der Waals surface area contributed by atoms with Crippen LogP contribution in [0, 0.1) is 24.6 Å². The Bertz CT molecular complexity index is 1630. The molecule has 280 valence electrons. The molecule has 4 atom stereocenters. The van der Waals surface area contributed by atoms with Crippen molar-refractivity contribution in [1.82, 2.24) is 15.4 Å². The molecular formula is C33H38F7N5O5S. The Balaban J connectivity index is 1.99. The Morgan fingerprint density at radius 2 is 1.53 bits per heavy atom. The van der Waals surface area contributed by atoms with E-state index in [2.05, 4.69) is 25.7 Å². The molecule has 1 heterocycles. The molecule has 3 amide bonds. The van der Waals surface area contributed by atoms with Crippen LogP contribution in [0.15, 0.2) is 47.5 Å². The van der Waals surface area contributed by atoms with Crippen LogP contribution >= 0.6 is 11.9 Å². The Morgan fingerprint density at radius 3 is 2.08 bits per heavy atom. The first kappa shape index (κ1) is 41.2. The summed E-state index contributed by atoms with van der Waals surface area (Å²) >= 11 is 0.490. The molecule has 2 aromatic carbocycles. The Kier molecular flexibility index (Phi) is 13.7. The van der Waals surface area contributed by atoms with E-state index in [0.29, 0.717) is 23.1 Å². The third-order valence-electron chi connectivity index (χ3n) is 7.62. The molecule has 0 spiro atoms. The minimum absolute atomic E-state index is 0.0170. The summed E-state index contributed by atoms with van der Waals surface area (Å²) in [5, 5.41) is 17.1. The van der Waals surface area contributed by atoms with E-state index in [4.69, 9.17) is 0 Å². The molecule has 1 aliphatic heterocycles. The van der Waals surface area contributed by atoms with E-state index in [1.807, 2.05) is 0 Å². The van der Waals surface area contributed by atoms with E-state index < -0.39 is 97.1 Å². The molecule has 0 radical (unpaired) electrons. The van der Waals surface area contributed by atoms with Crippen molar-refractivity contribution in [1.29, 1.82) is 0 Å². The van der Waals surface area contributed by atoms with Crippen LogP contribution in [-0.4, -0.2) is 70.4 Å². The number of hydrogen-bond acceptors (Lipinski definition) is 7. The zero-order valence-electron chi connectivity index (χ0n) is 28.0. The van der Waals surface area contributed by atoms with Gasteiger partial charge in [-0.05, 0) is 70.2 Å². The number of amides is 3. The summed E-state index contributed by atoms with van der Waals surface area (Å²) in [6, 6.07) is 8.68. The average molecular weight is 750 g/mol. The number of aliphatic carboxylic acids is 1. The molecule has 2 aromatic rings. The number of benzodiazepines with no additional fused rings is 1. The van der Waals surface area contributed by atoms with Crippen molar-refractivity contribution < 1.29 is 55.0 Å². The lowest BCUT2D eigenvalue weighted by molar-refractivity contribution is -0.152. The molecule has 0 unspecified atom stereocenters. The first-order chi connectivity index (χ1) is 23.5. The number of benzene rings is 2. The van der Waals surface area contributed by atoms with E-state index in [-0.39, 0.29) is 22.7 Å². The van der Waals surface area contributed by atoms with Gasteiger partial charge in [0.25, 0.3) is 5.91 Å². The zero-order valence-corrected chi connectivity index (χ0v) is 28.8. The standard InChI is InChI=1S/C33H38F7N5O5S/c1-17-7-5-10-22-24(17)42-29(48)26(41-25(22)18-8-6-9-19(34)15-18)43-27(46)20(11-13-32(35,36)37)21(12-14-33(38,39)40)28(47)45-51-16-23(30(49)50)44-31(2,3)4/h5-10,15,20-21,23,26,44H,11-14,16H2,1-4H3,(H,42,48)(H,43,46)(H,45,47)(H,49,50)/t20-,21+,23+,26-/m1/s1. The second-order valence-corrected chi connectivity index (χ2v) is 13.8. The predicted molar refractivity (Wildman–Crippen MR) is 176 cm³/mol. The number of fused-ring (bicyclic) bond motifs is 1. The number of carbonyl (C=O) groups excluding carboxylic acids is 3. The van der Waals surface area contributed by atoms with Crippen LogP contribution in [0.1, 0.15) is 63.1 Å². The number of rotatable bonds is 14. The molecule has 3 rings (SSSR count). The maximum absolute atomic E-state index is 14.3. The smallest absolute Gasteiger partial charge is 0.389 e. The molecule has 0 aliphatic carbocycles. The van der Waals surface area contributed by atoms with Crippen molar-refractivity contribution in [2.45, 2.75) is 83.5 Å². The van der Waals surface area contributed by atoms with Gasteiger partial charge in [-0.15, -0.1) is 0 Å². The summed E-state index contributed by atoms with van der Waals surface area (Å²) < 4.78 is 97.0. The zero-order chi connectivity index (χ0) is 38.3. The summed E-state index contributed by atoms with van der Waals surface area (Å²) in [5.41, 5.74) is 0.611. The fourth-order valence-electron chi connectivity index (χ4n) is 5.32. The number of para-hydroxylation sites is 1. The lowest BCUT2D eigenvalue weighted by Gasteiger charge is -2.28. The van der Waals surface area contributed by atoms with Gasteiger partial charge in [-0.2, -0.15) is 26.3 Å². The van der Waals surface area contributed by atoms with Crippen molar-refractivity contribution in [3.05, 3.63) is 65.0 Å². The number of nitrogens with zero attached hydrogens (tertiary/aromatic N) is 1. The van der Waals surface area contributed by atoms with E-state index in [0.717, 1.165) is 12.1 Å². The largest absolute Gasteiger partial charge is 0.480 e. The first-order valence-electron chi connectivity index (χ1n) is 15.7. The molecule has 0 saturated heterocycles. The van der Waals surface area contributed by atoms with E-state index in [9.17, 15) is 55.0 Å². The van der Waals surface area contributed by atoms with Gasteiger partial charge in [-0.3, -0.25) is 29.2 Å². The summed E-state index contributed by atoms with van der Waals surface area (Å²) in [4.78, 5) is 56.6. The number of carboxylic acid groups (broad SMARTS) is 1. The highest BCUT2D eigenvalue weighted by Crippen LogP contribution is 2.34. The Morgan fingerprint density at radius 1 is 0.941 bits per heavy atom. The van der Waals surface area contributed by atoms with Crippen molar-refractivity contribution in [2.24, 2.45) is 16.8 Å². The topological polar surface area (TPSA) is 149 Å². The first-order valence-corrected chi connectivity index (χ1v) is 16.6. The predicted octanol–water partition coefficient (Wildman–Crippen LogP) is 5.89. The number of aliphatic imine (C=N–C) groups is 1. The maximum atomic E-state index is 14.3. The van der Waals surface area contributed by atoms with E-state index in [1.54, 1.807) is 45.9 Å². The van der Waals surface area contributed by atoms with Gasteiger partial charge in [-0.25, -0.2) is 9.38 Å². The van der Waals surface area contributed by atoms with Gasteiger partial charge in [-0.1, -0.05) is 30.3 Å². The van der Waals surface area contributed by atoms with Gasteiger partial charge in [0.1, 0.15) is 11.9 Å². The number of halogens is 7. The lowest BCUT2D eigenvalue weighted by atomic mass is 9.83. The number of hydrogen-bond donors (Lipinski definition) is 5. The normalized spacial score (nSPS) is 16.9. The fourth-order valence-corrected chi connectivity index (χ4v) is 6.09. The molecule has 5 N–H and O–H groups in total. The molecule has 0 bridgehead atoms. The van der Waals surface area contributed by atoms with Crippen LogP contribution < -0.4 is 20.7 Å². The molecule has 10 nitrogen and oxygen atoms in total. The number of carbonyl (C=O) groups is 4. The minimum Gasteiger partial charge on any atom is -0.480 e. The van der Waals surface area contributed by atoms with Gasteiger partial charge in [0.2, 0.25) is 18.0 Å². The van der Waals surface area contributed by atoms with E-state index >= 15 is 0 Å². The third kappa shape index (κ3) is 12.8. The van der Waals surface area contributed by atoms with E-state index in [1.165, 1.54) is 12.1 Å². The highest BCUT2D eigenvalue weighted by Gasteiger charge is 2.41. The summed E-state index contributed by atoms with van der Waals surface area (Å²) in [6.45, 7) is 6.66. The molecular weight excluding hydrogens is 711 g/mol. The van der Waals surface area contributed by atoms with Gasteiger partial charge in [0.05, 0.1) is 17.3 Å². The average Bonchev–Trinajstić information content (AvgIpc) is 3.13. The van der Waals surface area contributed by atoms with Crippen LogP contribution in [-0.2, 0) is 19.2 Å². The van der Waals surface area contributed by atoms with Gasteiger partial charge in [0, 0.05) is 41.2 Å². The van der Waals surface area contributed by atoms with Crippen molar-refractivity contribution >= 4 is 47.0 Å². The second kappa shape index (κ2) is 16.9. The van der Waals surface area contributed by atoms with Crippen LogP contribution in [0.4, 0.5) is 36.4 Å². The number of carboxylic acids is 1. The van der Waals surface area contributed by atoms with Crippen LogP contribution in [0.25, 0.3) is 0 Å². The Hall–Kier alpha value is -4.19. The van der Waals surface area contributed by atoms with Crippen molar-refractivity contribution in [3.63, 3.8) is 0 Å². The molecule has 18 heteroatoms. The van der Waals surface area contributed by atoms with Crippen LogP contribution in [0.3, 0.4) is 0 Å². The maximum Gasteiger partial charge on any atom is 0.389 e. The monoisotopic (exact) mass is 749 g/mol. The van der Waals surface area contributed by atoms with Gasteiger partial charge < -0.3 is 15.7 Å². The Labute approximate surface area is 293 Å². The van der Waals surface area contributed by atoms with Crippen molar-refractivity contribution in [2.75, 3.05) is 11.1 Å². The number of nitrogens with one attached hydrogen (secondary N) is 4. The van der Waals surface area contributed by atoms with Crippen LogP contribution in [0.5, 0.6) is 0 Å². The van der Waals surface area contributed by atoms with Gasteiger partial charge >= 0.3 is 18.3 Å². The quantitative estimate of drug-likeness (QED) is 0.120. The van der Waals surface area contributed by atoms with Gasteiger partial charge in [0.15, 0.2) is 0 Å². The number of anilines is 1. The highest BCUT2D eigenvalue weighted by molar-refractivity contribution is 7.98. The summed E-state index contributed by atoms with van der Waals surface area (Å²) in [6.07, 6.45) is -17.2. The SMILES string of the molecule is Cc1cccc2c1NC(=O)[C@@H](NC(=O)[C@H](CCC(F)(F)F)[C@H](CCC(F)(F)F)C(=O)NSC[C@H](NC(C)(C)C)C(=O)O)N=C2c1cccc(F)c1. The molecule has 0 saturated carbocycles. The minimum atomic E-state index is -4.88. The molecule has 1 aliphatic rings. The van der Waals surface area contributed by atoms with Crippen molar-refractivity contribution in [3.8, 4) is 0 Å². The van der Waals surface area contributed by atoms with Crippen LogP contribution in [0.2, 0.25) is 0 Å². The number of aryl methyl sites for hydroxylation is 1.